The lowest BCUT2D eigenvalue weighted by Crippen LogP contribution is -2.25. The molecule has 0 saturated heterocycles. The van der Waals surface area contributed by atoms with Crippen molar-refractivity contribution in [3.05, 3.63) is 59.4 Å². The van der Waals surface area contributed by atoms with Gasteiger partial charge in [0.1, 0.15) is 17.3 Å². The fourth-order valence-electron chi connectivity index (χ4n) is 2.22. The van der Waals surface area contributed by atoms with Gasteiger partial charge >= 0.3 is 0 Å². The summed E-state index contributed by atoms with van der Waals surface area (Å²) >= 11 is 1.19. The number of rotatable bonds is 3. The molecule has 1 heterocycles. The van der Waals surface area contributed by atoms with Crippen LogP contribution in [0.1, 0.15) is 16.4 Å². The van der Waals surface area contributed by atoms with Gasteiger partial charge in [0.2, 0.25) is 0 Å². The smallest absolute Gasteiger partial charge is 0.132 e. The Kier molecular flexibility index (Phi) is 3.36. The molecule has 3 nitrogen and oxygen atoms in total. The number of thioether (sulfide) groups is 1. The molecule has 5 heteroatoms. The first-order valence-electron chi connectivity index (χ1n) is 6.03. The second kappa shape index (κ2) is 5.17. The Morgan fingerprint density at radius 3 is 2.75 bits per heavy atom. The second-order valence-electron chi connectivity index (χ2n) is 4.39. The number of carboxylic acids is 1. The molecule has 0 unspecified atom stereocenters. The molecule has 0 bridgehead atoms. The van der Waals surface area contributed by atoms with Crippen LogP contribution in [0, 0.1) is 5.82 Å². The van der Waals surface area contributed by atoms with Crippen LogP contribution >= 0.6 is 11.8 Å². The maximum absolute atomic E-state index is 13.4. The predicted octanol–water partition coefficient (Wildman–Crippen LogP) is 2.50. The van der Waals surface area contributed by atoms with Gasteiger partial charge in [-0.05, 0) is 24.3 Å². The van der Waals surface area contributed by atoms with Gasteiger partial charge in [-0.15, -0.1) is 11.8 Å². The molecule has 0 saturated carbocycles. The van der Waals surface area contributed by atoms with E-state index in [1.165, 1.54) is 23.9 Å². The molecule has 0 fully saturated rings. The Hall–Kier alpha value is -2.01. The van der Waals surface area contributed by atoms with E-state index in [4.69, 9.17) is 4.74 Å². The highest BCUT2D eigenvalue weighted by molar-refractivity contribution is 8.00. The topological polar surface area (TPSA) is 49.4 Å². The van der Waals surface area contributed by atoms with E-state index < -0.39 is 5.97 Å². The molecule has 2 aromatic carbocycles. The number of hydrogen-bond donors (Lipinski definition) is 0. The first kappa shape index (κ1) is 13.0. The molecule has 1 aliphatic rings. The SMILES string of the molecule is O=C([O-])CS[C@@H]1c2ccccc2Oc2ccc(F)cc21. The van der Waals surface area contributed by atoms with Gasteiger partial charge in [0, 0.05) is 16.9 Å². The third-order valence-electron chi connectivity index (χ3n) is 3.04. The van der Waals surface area contributed by atoms with Crippen molar-refractivity contribution in [1.29, 1.82) is 0 Å². The van der Waals surface area contributed by atoms with Crippen LogP contribution in [-0.2, 0) is 4.79 Å². The monoisotopic (exact) mass is 289 g/mol. The average Bonchev–Trinajstić information content (AvgIpc) is 2.43. The van der Waals surface area contributed by atoms with Crippen LogP contribution in [0.25, 0.3) is 0 Å². The summed E-state index contributed by atoms with van der Waals surface area (Å²) in [5.74, 6) is -0.444. The van der Waals surface area contributed by atoms with Gasteiger partial charge in [-0.1, -0.05) is 18.2 Å². The summed E-state index contributed by atoms with van der Waals surface area (Å²) in [6.45, 7) is 0. The highest BCUT2D eigenvalue weighted by Gasteiger charge is 2.27. The number of hydrogen-bond acceptors (Lipinski definition) is 4. The van der Waals surface area contributed by atoms with Gasteiger partial charge in [0.25, 0.3) is 0 Å². The number of aliphatic carboxylic acids is 1. The highest BCUT2D eigenvalue weighted by atomic mass is 32.2. The lowest BCUT2D eigenvalue weighted by atomic mass is 10.00. The van der Waals surface area contributed by atoms with Crippen LogP contribution < -0.4 is 9.84 Å². The molecular formula is C15H10FO3S-. The average molecular weight is 289 g/mol. The summed E-state index contributed by atoms with van der Waals surface area (Å²) in [4.78, 5) is 10.7. The van der Waals surface area contributed by atoms with E-state index in [0.29, 0.717) is 17.1 Å². The standard InChI is InChI=1S/C15H11FO3S/c16-9-5-6-13-11(7-9)15(20-8-14(17)18)10-3-1-2-4-12(10)19-13/h1-7,15H,8H2,(H,17,18)/p-1/t15-/m1/s1. The van der Waals surface area contributed by atoms with Crippen LogP contribution in [0.2, 0.25) is 0 Å². The maximum atomic E-state index is 13.4. The van der Waals surface area contributed by atoms with Crippen molar-refractivity contribution >= 4 is 17.7 Å². The molecule has 0 N–H and O–H groups in total. The molecule has 20 heavy (non-hydrogen) atoms. The zero-order chi connectivity index (χ0) is 14.1. The zero-order valence-electron chi connectivity index (χ0n) is 10.3. The van der Waals surface area contributed by atoms with Crippen LogP contribution in [0.15, 0.2) is 42.5 Å². The molecule has 1 atom stereocenters. The summed E-state index contributed by atoms with van der Waals surface area (Å²) in [6.07, 6.45) is 0. The van der Waals surface area contributed by atoms with E-state index in [1.54, 1.807) is 6.07 Å². The number of halogens is 1. The Morgan fingerprint density at radius 1 is 1.20 bits per heavy atom. The third kappa shape index (κ3) is 2.36. The Balaban J connectivity index is 2.06. The minimum atomic E-state index is -1.14. The van der Waals surface area contributed by atoms with Crippen molar-refractivity contribution in [3.63, 3.8) is 0 Å². The van der Waals surface area contributed by atoms with E-state index in [1.807, 2.05) is 24.3 Å². The molecule has 0 amide bonds. The minimum Gasteiger partial charge on any atom is -0.549 e. The lowest BCUT2D eigenvalue weighted by molar-refractivity contribution is -0.301. The summed E-state index contributed by atoms with van der Waals surface area (Å²) in [5, 5.41) is 10.4. The number of carboxylic acid groups (broad SMARTS) is 1. The largest absolute Gasteiger partial charge is 0.549 e. The normalized spacial score (nSPS) is 15.9. The van der Waals surface area contributed by atoms with E-state index in [2.05, 4.69) is 0 Å². The number of benzene rings is 2. The summed E-state index contributed by atoms with van der Waals surface area (Å²) in [5.41, 5.74) is 1.49. The summed E-state index contributed by atoms with van der Waals surface area (Å²) in [7, 11) is 0. The fraction of sp³-hybridized carbons (Fsp3) is 0.133. The number of para-hydroxylation sites is 1. The van der Waals surface area contributed by atoms with Gasteiger partial charge in [-0.25, -0.2) is 4.39 Å². The molecule has 1 aliphatic heterocycles. The van der Waals surface area contributed by atoms with Crippen molar-refractivity contribution in [3.8, 4) is 11.5 Å². The second-order valence-corrected chi connectivity index (χ2v) is 5.48. The van der Waals surface area contributed by atoms with E-state index in [0.717, 1.165) is 5.56 Å². The van der Waals surface area contributed by atoms with Crippen molar-refractivity contribution in [2.45, 2.75) is 5.25 Å². The molecule has 0 aromatic heterocycles. The highest BCUT2D eigenvalue weighted by Crippen LogP contribution is 2.49. The third-order valence-corrected chi connectivity index (χ3v) is 4.29. The van der Waals surface area contributed by atoms with Gasteiger partial charge in [-0.3, -0.25) is 0 Å². The van der Waals surface area contributed by atoms with Crippen molar-refractivity contribution < 1.29 is 19.0 Å². The quantitative estimate of drug-likeness (QED) is 0.871. The lowest BCUT2D eigenvalue weighted by Gasteiger charge is -2.28. The van der Waals surface area contributed by atoms with Crippen molar-refractivity contribution in [2.75, 3.05) is 5.75 Å². The predicted molar refractivity (Wildman–Crippen MR) is 72.2 cm³/mol. The molecule has 2 aromatic rings. The van der Waals surface area contributed by atoms with E-state index in [9.17, 15) is 14.3 Å². The van der Waals surface area contributed by atoms with Gasteiger partial charge in [-0.2, -0.15) is 0 Å². The molecule has 0 aliphatic carbocycles. The van der Waals surface area contributed by atoms with Gasteiger partial charge < -0.3 is 14.6 Å². The molecule has 0 spiro atoms. The maximum Gasteiger partial charge on any atom is 0.132 e. The molecular weight excluding hydrogens is 279 g/mol. The Bertz CT molecular complexity index is 672. The van der Waals surface area contributed by atoms with E-state index in [-0.39, 0.29) is 16.8 Å². The zero-order valence-corrected chi connectivity index (χ0v) is 11.2. The van der Waals surface area contributed by atoms with Gasteiger partial charge in [0.05, 0.1) is 11.2 Å². The van der Waals surface area contributed by atoms with Crippen LogP contribution in [0.3, 0.4) is 0 Å². The summed E-state index contributed by atoms with van der Waals surface area (Å²) in [6, 6.07) is 11.6. The first-order chi connectivity index (χ1) is 9.65. The first-order valence-corrected chi connectivity index (χ1v) is 7.07. The van der Waals surface area contributed by atoms with Crippen molar-refractivity contribution in [1.82, 2.24) is 0 Å². The number of carbonyl (C=O) groups is 1. The number of fused-ring (bicyclic) bond motifs is 2. The summed E-state index contributed by atoms with van der Waals surface area (Å²) < 4.78 is 19.2. The molecule has 102 valence electrons. The fourth-order valence-corrected chi connectivity index (χ4v) is 3.26. The van der Waals surface area contributed by atoms with Crippen LogP contribution in [0.5, 0.6) is 11.5 Å². The number of carbonyl (C=O) groups excluding carboxylic acids is 1. The Labute approximate surface area is 119 Å². The minimum absolute atomic E-state index is 0.158. The van der Waals surface area contributed by atoms with Crippen molar-refractivity contribution in [2.24, 2.45) is 0 Å². The van der Waals surface area contributed by atoms with E-state index >= 15 is 0 Å². The molecule has 3 rings (SSSR count). The number of ether oxygens (including phenoxy) is 1. The van der Waals surface area contributed by atoms with Crippen LogP contribution in [-0.4, -0.2) is 11.7 Å². The molecule has 0 radical (unpaired) electrons. The Morgan fingerprint density at radius 2 is 1.95 bits per heavy atom. The van der Waals surface area contributed by atoms with Crippen LogP contribution in [0.4, 0.5) is 4.39 Å². The van der Waals surface area contributed by atoms with Gasteiger partial charge in [0.15, 0.2) is 0 Å².